The first-order valence-electron chi connectivity index (χ1n) is 8.96. The van der Waals surface area contributed by atoms with Crippen molar-refractivity contribution in [3.63, 3.8) is 0 Å². The number of hydrogen-bond acceptors (Lipinski definition) is 4. The molecule has 0 spiro atoms. The van der Waals surface area contributed by atoms with Gasteiger partial charge in [0.2, 0.25) is 0 Å². The summed E-state index contributed by atoms with van der Waals surface area (Å²) in [5, 5.41) is 1.62. The Labute approximate surface area is 167 Å². The number of benzene rings is 1. The zero-order valence-electron chi connectivity index (χ0n) is 17.5. The van der Waals surface area contributed by atoms with Gasteiger partial charge in [-0.3, -0.25) is 4.79 Å². The zero-order chi connectivity index (χ0) is 21.0. The zero-order valence-corrected chi connectivity index (χ0v) is 18.2. The van der Waals surface area contributed by atoms with Crippen LogP contribution in [0.4, 0.5) is 4.79 Å². The number of nitrogens with one attached hydrogen (secondary N) is 1. The molecule has 1 aromatic rings. The number of hydrazine groups is 1. The van der Waals surface area contributed by atoms with E-state index in [9.17, 15) is 9.59 Å². The van der Waals surface area contributed by atoms with Crippen molar-refractivity contribution < 1.29 is 19.1 Å². The Bertz CT molecular complexity index is 676. The fourth-order valence-electron chi connectivity index (χ4n) is 2.08. The maximum atomic E-state index is 13.1. The molecule has 1 aromatic carbocycles. The molecule has 0 aliphatic heterocycles. The molecule has 0 atom stereocenters. The number of halogens is 1. The van der Waals surface area contributed by atoms with Gasteiger partial charge < -0.3 is 9.47 Å². The van der Waals surface area contributed by atoms with E-state index in [0.29, 0.717) is 28.9 Å². The highest BCUT2D eigenvalue weighted by molar-refractivity contribution is 6.31. The maximum absolute atomic E-state index is 13.1. The highest BCUT2D eigenvalue weighted by Gasteiger charge is 2.31. The van der Waals surface area contributed by atoms with Crippen LogP contribution in [-0.4, -0.2) is 34.8 Å². The van der Waals surface area contributed by atoms with Crippen LogP contribution in [0.1, 0.15) is 65.7 Å². The minimum Gasteiger partial charge on any atom is -0.493 e. The average Bonchev–Trinajstić information content (AvgIpc) is 2.46. The van der Waals surface area contributed by atoms with Crippen molar-refractivity contribution in [3.8, 4) is 5.75 Å². The van der Waals surface area contributed by atoms with Crippen LogP contribution in [0.25, 0.3) is 0 Å². The number of ether oxygens (including phenoxy) is 2. The highest BCUT2D eigenvalue weighted by Crippen LogP contribution is 2.24. The summed E-state index contributed by atoms with van der Waals surface area (Å²) in [5.41, 5.74) is 1.49. The fraction of sp³-hybridized carbons (Fsp3) is 0.600. The van der Waals surface area contributed by atoms with Crippen molar-refractivity contribution in [1.29, 1.82) is 0 Å². The molecule has 0 aliphatic rings. The second-order valence-electron chi connectivity index (χ2n) is 8.81. The van der Waals surface area contributed by atoms with E-state index in [1.807, 2.05) is 34.6 Å². The van der Waals surface area contributed by atoms with E-state index in [0.717, 1.165) is 0 Å². The number of carbonyl (C=O) groups is 2. The van der Waals surface area contributed by atoms with Gasteiger partial charge in [-0.2, -0.15) is 0 Å². The molecule has 0 fully saturated rings. The Hall–Kier alpha value is -1.95. The smallest absolute Gasteiger partial charge is 0.426 e. The predicted molar refractivity (Wildman–Crippen MR) is 107 cm³/mol. The second-order valence-corrected chi connectivity index (χ2v) is 9.24. The molecular weight excluding hydrogens is 368 g/mol. The normalized spacial score (nSPS) is 11.9. The summed E-state index contributed by atoms with van der Waals surface area (Å²) in [4.78, 5) is 25.3. The summed E-state index contributed by atoms with van der Waals surface area (Å²) in [5.74, 6) is 0.430. The second kappa shape index (κ2) is 8.83. The van der Waals surface area contributed by atoms with Gasteiger partial charge in [0.1, 0.15) is 11.4 Å². The summed E-state index contributed by atoms with van der Waals surface area (Å²) in [6.45, 7) is 15.3. The van der Waals surface area contributed by atoms with Crippen LogP contribution in [0.15, 0.2) is 18.2 Å². The third-order valence-corrected chi connectivity index (χ3v) is 3.40. The Morgan fingerprint density at radius 3 is 2.19 bits per heavy atom. The van der Waals surface area contributed by atoms with Gasteiger partial charge in [-0.15, -0.1) is 0 Å². The first kappa shape index (κ1) is 23.1. The van der Waals surface area contributed by atoms with Crippen LogP contribution < -0.4 is 10.2 Å². The lowest BCUT2D eigenvalue weighted by molar-refractivity contribution is 0.0118. The van der Waals surface area contributed by atoms with Gasteiger partial charge in [0.15, 0.2) is 0 Å². The van der Waals surface area contributed by atoms with Gasteiger partial charge >= 0.3 is 6.09 Å². The molecule has 0 saturated heterocycles. The Morgan fingerprint density at radius 1 is 1.11 bits per heavy atom. The molecule has 152 valence electrons. The summed E-state index contributed by atoms with van der Waals surface area (Å²) in [6.07, 6.45) is -0.705. The molecular formula is C20H31ClN2O4. The maximum Gasteiger partial charge on any atom is 0.426 e. The van der Waals surface area contributed by atoms with Crippen molar-refractivity contribution >= 4 is 23.6 Å². The van der Waals surface area contributed by atoms with Crippen LogP contribution in [0.5, 0.6) is 5.75 Å². The van der Waals surface area contributed by atoms with Crippen molar-refractivity contribution in [3.05, 3.63) is 28.8 Å². The molecule has 0 radical (unpaired) electrons. The van der Waals surface area contributed by atoms with E-state index in [4.69, 9.17) is 21.1 Å². The molecule has 0 saturated carbocycles. The van der Waals surface area contributed by atoms with Crippen LogP contribution in [0.2, 0.25) is 5.02 Å². The van der Waals surface area contributed by atoms with E-state index >= 15 is 0 Å². The van der Waals surface area contributed by atoms with E-state index in [2.05, 4.69) is 5.43 Å². The molecule has 0 aliphatic carbocycles. The first-order chi connectivity index (χ1) is 12.2. The third kappa shape index (κ3) is 8.08. The van der Waals surface area contributed by atoms with E-state index in [1.54, 1.807) is 39.0 Å². The van der Waals surface area contributed by atoms with E-state index in [-0.39, 0.29) is 0 Å². The monoisotopic (exact) mass is 398 g/mol. The minimum absolute atomic E-state index is 0.312. The van der Waals surface area contributed by atoms with Gasteiger partial charge in [0, 0.05) is 10.6 Å². The van der Waals surface area contributed by atoms with Gasteiger partial charge in [0.05, 0.1) is 12.1 Å². The van der Waals surface area contributed by atoms with Gasteiger partial charge in [-0.25, -0.2) is 15.2 Å². The first-order valence-corrected chi connectivity index (χ1v) is 9.34. The molecule has 0 bridgehead atoms. The molecule has 1 N–H and O–H groups in total. The SMILES string of the molecule is CC(C)COc1cc(Cl)cc(C(=O)N(NC(=O)OC(C)(C)C)C(C)(C)C)c1. The lowest BCUT2D eigenvalue weighted by Gasteiger charge is -2.36. The molecule has 6 nitrogen and oxygen atoms in total. The van der Waals surface area contributed by atoms with Crippen molar-refractivity contribution in [2.24, 2.45) is 5.92 Å². The lowest BCUT2D eigenvalue weighted by atomic mass is 10.1. The summed E-state index contributed by atoms with van der Waals surface area (Å²) >= 11 is 6.16. The summed E-state index contributed by atoms with van der Waals surface area (Å²) in [6, 6.07) is 4.82. The number of rotatable bonds is 4. The number of carbonyl (C=O) groups excluding carboxylic acids is 2. The van der Waals surface area contributed by atoms with Gasteiger partial charge in [0.25, 0.3) is 5.91 Å². The minimum atomic E-state index is -0.705. The topological polar surface area (TPSA) is 67.9 Å². The predicted octanol–water partition coefficient (Wildman–Crippen LogP) is 5.06. The Balaban J connectivity index is 3.10. The van der Waals surface area contributed by atoms with Crippen LogP contribution in [-0.2, 0) is 4.74 Å². The molecule has 0 heterocycles. The molecule has 0 aromatic heterocycles. The molecule has 0 unspecified atom stereocenters. The van der Waals surface area contributed by atoms with Crippen LogP contribution in [0, 0.1) is 5.92 Å². The molecule has 2 amide bonds. The van der Waals surface area contributed by atoms with E-state index < -0.39 is 23.1 Å². The van der Waals surface area contributed by atoms with E-state index in [1.165, 1.54) is 5.01 Å². The fourth-order valence-corrected chi connectivity index (χ4v) is 2.30. The number of nitrogens with zero attached hydrogens (tertiary/aromatic N) is 1. The van der Waals surface area contributed by atoms with Crippen molar-refractivity contribution in [1.82, 2.24) is 10.4 Å². The Kier molecular flexibility index (Phi) is 7.55. The lowest BCUT2D eigenvalue weighted by Crippen LogP contribution is -2.56. The quantitative estimate of drug-likeness (QED) is 0.720. The number of amides is 2. The van der Waals surface area contributed by atoms with Crippen molar-refractivity contribution in [2.45, 2.75) is 66.5 Å². The van der Waals surface area contributed by atoms with Gasteiger partial charge in [-0.05, 0) is 65.7 Å². The van der Waals surface area contributed by atoms with Crippen molar-refractivity contribution in [2.75, 3.05) is 6.61 Å². The summed E-state index contributed by atoms with van der Waals surface area (Å²) < 4.78 is 11.0. The Morgan fingerprint density at radius 2 is 1.70 bits per heavy atom. The number of hydrogen-bond donors (Lipinski definition) is 1. The van der Waals surface area contributed by atoms with Crippen LogP contribution >= 0.6 is 11.6 Å². The molecule has 7 heteroatoms. The largest absolute Gasteiger partial charge is 0.493 e. The summed E-state index contributed by atoms with van der Waals surface area (Å²) in [7, 11) is 0. The van der Waals surface area contributed by atoms with Gasteiger partial charge in [-0.1, -0.05) is 25.4 Å². The third-order valence-electron chi connectivity index (χ3n) is 3.18. The highest BCUT2D eigenvalue weighted by atomic mass is 35.5. The molecule has 1 rings (SSSR count). The average molecular weight is 399 g/mol. The standard InChI is InChI=1S/C20H31ClN2O4/c1-13(2)12-26-16-10-14(9-15(21)11-16)17(24)23(19(3,4)5)22-18(25)27-20(6,7)8/h9-11,13H,12H2,1-8H3,(H,22,25). The molecule has 27 heavy (non-hydrogen) atoms. The van der Waals surface area contributed by atoms with Crippen LogP contribution in [0.3, 0.4) is 0 Å².